The number of hydrogen-bond acceptors (Lipinski definition) is 7. The van der Waals surface area contributed by atoms with Crippen LogP contribution in [-0.2, 0) is 4.79 Å². The second kappa shape index (κ2) is 11.1. The first-order valence-electron chi connectivity index (χ1n) is 12.1. The van der Waals surface area contributed by atoms with Gasteiger partial charge in [-0.25, -0.2) is 9.97 Å². The summed E-state index contributed by atoms with van der Waals surface area (Å²) in [5.74, 6) is 1.17. The molecule has 3 heterocycles. The fourth-order valence-corrected chi connectivity index (χ4v) is 4.27. The molecule has 1 atom stereocenters. The minimum Gasteiger partial charge on any atom is -0.383 e. The van der Waals surface area contributed by atoms with E-state index in [4.69, 9.17) is 11.1 Å². The summed E-state index contributed by atoms with van der Waals surface area (Å²) in [6.07, 6.45) is 5.15. The number of carbonyl (C=O) groups excluding carboxylic acids is 2. The third kappa shape index (κ3) is 5.87. The first-order valence-corrected chi connectivity index (χ1v) is 12.1. The molecule has 0 aliphatic carbocycles. The molecule has 2 amide bonds. The molecule has 3 aromatic rings. The fourth-order valence-electron chi connectivity index (χ4n) is 4.27. The quantitative estimate of drug-likeness (QED) is 0.275. The topological polar surface area (TPSA) is 155 Å². The van der Waals surface area contributed by atoms with Gasteiger partial charge in [0, 0.05) is 30.3 Å². The van der Waals surface area contributed by atoms with Crippen molar-refractivity contribution in [1.82, 2.24) is 19.9 Å². The van der Waals surface area contributed by atoms with Crippen LogP contribution in [0.4, 0.5) is 17.5 Å². The van der Waals surface area contributed by atoms with Crippen molar-refractivity contribution in [3.05, 3.63) is 83.8 Å². The Kier molecular flexibility index (Phi) is 7.69. The first-order chi connectivity index (χ1) is 17.8. The number of amides is 2. The van der Waals surface area contributed by atoms with Gasteiger partial charge in [-0.2, -0.15) is 4.98 Å². The normalized spacial score (nSPS) is 15.0. The predicted molar refractivity (Wildman–Crippen MR) is 142 cm³/mol. The highest BCUT2D eigenvalue weighted by Crippen LogP contribution is 2.21. The monoisotopic (exact) mass is 499 g/mol. The second-order valence-electron chi connectivity index (χ2n) is 9.26. The van der Waals surface area contributed by atoms with Crippen LogP contribution in [0.5, 0.6) is 0 Å². The van der Waals surface area contributed by atoms with Crippen molar-refractivity contribution in [2.24, 2.45) is 0 Å². The van der Waals surface area contributed by atoms with Crippen LogP contribution in [0.15, 0.2) is 61.6 Å². The van der Waals surface area contributed by atoms with Crippen LogP contribution in [0.1, 0.15) is 53.2 Å². The van der Waals surface area contributed by atoms with Crippen LogP contribution in [0, 0.1) is 5.41 Å². The Balaban J connectivity index is 1.49. The molecule has 0 bridgehead atoms. The van der Waals surface area contributed by atoms with Crippen LogP contribution in [0.3, 0.4) is 0 Å². The molecule has 1 aliphatic rings. The summed E-state index contributed by atoms with van der Waals surface area (Å²) >= 11 is 0. The van der Waals surface area contributed by atoms with E-state index < -0.39 is 0 Å². The highest BCUT2D eigenvalue weighted by atomic mass is 16.2. The van der Waals surface area contributed by atoms with Crippen LogP contribution >= 0.6 is 0 Å². The zero-order valence-electron chi connectivity index (χ0n) is 20.9. The highest BCUT2D eigenvalue weighted by Gasteiger charge is 2.30. The van der Waals surface area contributed by atoms with E-state index in [1.165, 1.54) is 12.4 Å². The molecule has 6 N–H and O–H groups in total. The van der Waals surface area contributed by atoms with Crippen molar-refractivity contribution in [2.75, 3.05) is 24.1 Å². The van der Waals surface area contributed by atoms with Gasteiger partial charge in [0.15, 0.2) is 0 Å². The van der Waals surface area contributed by atoms with Gasteiger partial charge >= 0.3 is 0 Å². The van der Waals surface area contributed by atoms with E-state index >= 15 is 0 Å². The van der Waals surface area contributed by atoms with Gasteiger partial charge in [0.2, 0.25) is 11.7 Å². The summed E-state index contributed by atoms with van der Waals surface area (Å²) in [7, 11) is 0. The van der Waals surface area contributed by atoms with Crippen molar-refractivity contribution in [3.63, 3.8) is 0 Å². The number of hydrogen-bond donors (Lipinski definition) is 4. The summed E-state index contributed by atoms with van der Waals surface area (Å²) in [5.41, 5.74) is 8.84. The maximum atomic E-state index is 12.8. The third-order valence-electron chi connectivity index (χ3n) is 6.39. The maximum absolute atomic E-state index is 12.8. The number of quaternary nitrogens is 1. The van der Waals surface area contributed by atoms with E-state index in [1.54, 1.807) is 35.4 Å². The molecule has 2 aromatic heterocycles. The number of carbonyl (C=O) groups is 2. The molecule has 1 aromatic carbocycles. The summed E-state index contributed by atoms with van der Waals surface area (Å²) < 4.78 is 0. The number of nitrogens with zero attached hydrogens (tertiary/aromatic N) is 4. The summed E-state index contributed by atoms with van der Waals surface area (Å²) in [5, 5.41) is 13.6. The number of anilines is 2. The van der Waals surface area contributed by atoms with Gasteiger partial charge in [-0.05, 0) is 41.8 Å². The SMILES string of the molecule is C=CC(=O)N1CCC([NH2+]c2ncnc(N)c2C(=N)c2ccc(C(=O)Nc3cc(C(C)C)ccn3)cc2)C1. The highest BCUT2D eigenvalue weighted by molar-refractivity contribution is 6.15. The predicted octanol–water partition coefficient (Wildman–Crippen LogP) is 2.23. The van der Waals surface area contributed by atoms with E-state index in [2.05, 4.69) is 40.7 Å². The summed E-state index contributed by atoms with van der Waals surface area (Å²) in [6, 6.07) is 10.6. The van der Waals surface area contributed by atoms with Gasteiger partial charge in [0.1, 0.15) is 29.6 Å². The Morgan fingerprint density at radius 1 is 1.19 bits per heavy atom. The molecule has 1 saturated heterocycles. The maximum Gasteiger partial charge on any atom is 0.256 e. The summed E-state index contributed by atoms with van der Waals surface area (Å²) in [4.78, 5) is 39.1. The van der Waals surface area contributed by atoms with Crippen LogP contribution in [0.25, 0.3) is 0 Å². The van der Waals surface area contributed by atoms with Crippen molar-refractivity contribution >= 4 is 35.0 Å². The Hall–Kier alpha value is -4.44. The van der Waals surface area contributed by atoms with Crippen molar-refractivity contribution < 1.29 is 14.9 Å². The van der Waals surface area contributed by atoms with Gasteiger partial charge in [-0.15, -0.1) is 0 Å². The van der Waals surface area contributed by atoms with Crippen LogP contribution < -0.4 is 16.4 Å². The molecular weight excluding hydrogens is 468 g/mol. The number of nitrogens with one attached hydrogen (secondary N) is 2. The number of pyridine rings is 1. The molecule has 1 fully saturated rings. The Morgan fingerprint density at radius 3 is 2.62 bits per heavy atom. The average Bonchev–Trinajstić information content (AvgIpc) is 3.36. The van der Waals surface area contributed by atoms with Crippen LogP contribution in [-0.4, -0.2) is 56.5 Å². The average molecular weight is 500 g/mol. The van der Waals surface area contributed by atoms with E-state index in [1.807, 2.05) is 17.4 Å². The van der Waals surface area contributed by atoms with Crippen molar-refractivity contribution in [3.8, 4) is 0 Å². The molecule has 0 spiro atoms. The van der Waals surface area contributed by atoms with Crippen molar-refractivity contribution in [1.29, 1.82) is 5.41 Å². The molecule has 10 heteroatoms. The molecule has 1 aliphatic heterocycles. The van der Waals surface area contributed by atoms with Gasteiger partial charge < -0.3 is 16.0 Å². The number of nitrogen functional groups attached to an aromatic ring is 1. The van der Waals surface area contributed by atoms with Gasteiger partial charge in [-0.1, -0.05) is 32.6 Å². The molecule has 1 unspecified atom stereocenters. The minimum absolute atomic E-state index is 0.0821. The number of aromatic nitrogens is 3. The zero-order chi connectivity index (χ0) is 26.5. The van der Waals surface area contributed by atoms with Gasteiger partial charge in [0.25, 0.3) is 5.91 Å². The van der Waals surface area contributed by atoms with E-state index in [0.29, 0.717) is 47.3 Å². The third-order valence-corrected chi connectivity index (χ3v) is 6.39. The fraction of sp³-hybridized carbons (Fsp3) is 0.259. The lowest BCUT2D eigenvalue weighted by molar-refractivity contribution is -0.610. The second-order valence-corrected chi connectivity index (χ2v) is 9.26. The van der Waals surface area contributed by atoms with Gasteiger partial charge in [-0.3, -0.25) is 20.3 Å². The largest absolute Gasteiger partial charge is 0.383 e. The van der Waals surface area contributed by atoms with Crippen molar-refractivity contribution in [2.45, 2.75) is 32.2 Å². The Morgan fingerprint density at radius 2 is 1.92 bits per heavy atom. The van der Waals surface area contributed by atoms with Gasteiger partial charge in [0.05, 0.1) is 12.3 Å². The summed E-state index contributed by atoms with van der Waals surface area (Å²) in [6.45, 7) is 8.90. The smallest absolute Gasteiger partial charge is 0.256 e. The lowest BCUT2D eigenvalue weighted by Crippen LogP contribution is -2.86. The zero-order valence-corrected chi connectivity index (χ0v) is 20.9. The Bertz CT molecular complexity index is 1340. The van der Waals surface area contributed by atoms with E-state index in [9.17, 15) is 9.59 Å². The minimum atomic E-state index is -0.289. The molecular formula is C27H31N8O2+. The molecule has 190 valence electrons. The first kappa shape index (κ1) is 25.6. The number of benzene rings is 1. The number of nitrogens with two attached hydrogens (primary N) is 2. The molecule has 4 rings (SSSR count). The lowest BCUT2D eigenvalue weighted by Gasteiger charge is -2.15. The standard InChI is InChI=1S/C27H30N8O2/c1-4-22(36)35-12-10-20(14-35)33-26-23(25(29)31-15-32-26)24(28)17-5-7-18(8-6-17)27(37)34-21-13-19(16(2)3)9-11-30-21/h4-9,11,13,15-16,20,28H,1,10,12,14H2,2-3H3,(H,30,34,37)(H3,29,31,32,33)/p+1. The van der Waals surface area contributed by atoms with E-state index in [0.717, 1.165) is 12.0 Å². The number of rotatable bonds is 8. The Labute approximate surface area is 215 Å². The molecule has 0 saturated carbocycles. The molecule has 10 nitrogen and oxygen atoms in total. The van der Waals surface area contributed by atoms with E-state index in [-0.39, 0.29) is 29.4 Å². The molecule has 0 radical (unpaired) electrons. The molecule has 37 heavy (non-hydrogen) atoms. The number of likely N-dealkylation sites (tertiary alicyclic amines) is 1. The lowest BCUT2D eigenvalue weighted by atomic mass is 10.0. The van der Waals surface area contributed by atoms with Crippen LogP contribution in [0.2, 0.25) is 0 Å².